The van der Waals surface area contributed by atoms with E-state index >= 15 is 0 Å². The third-order valence-electron chi connectivity index (χ3n) is 3.12. The fraction of sp³-hybridized carbons (Fsp3) is 0.188. The summed E-state index contributed by atoms with van der Waals surface area (Å²) >= 11 is 0. The lowest BCUT2D eigenvalue weighted by Crippen LogP contribution is -2.43. The number of aromatic nitrogens is 1. The van der Waals surface area contributed by atoms with Crippen LogP contribution in [0.15, 0.2) is 48.8 Å². The van der Waals surface area contributed by atoms with E-state index < -0.39 is 23.7 Å². The van der Waals surface area contributed by atoms with Crippen LogP contribution in [0.1, 0.15) is 15.9 Å². The molecule has 0 bridgehead atoms. The molecule has 1 atom stereocenters. The third-order valence-corrected chi connectivity index (χ3v) is 3.12. The monoisotopic (exact) mass is 302 g/mol. The van der Waals surface area contributed by atoms with Crippen molar-refractivity contribution in [1.29, 1.82) is 0 Å². The molecule has 1 aromatic carbocycles. The maximum Gasteiger partial charge on any atom is 0.328 e. The van der Waals surface area contributed by atoms with E-state index in [0.717, 1.165) is 0 Å². The maximum atomic E-state index is 13.7. The number of ether oxygens (including phenoxy) is 1. The van der Waals surface area contributed by atoms with Gasteiger partial charge in [0.15, 0.2) is 0 Å². The topological polar surface area (TPSA) is 68.3 Å². The number of hydrogen-bond donors (Lipinski definition) is 1. The molecule has 1 heterocycles. The molecule has 2 aromatic rings. The molecule has 22 heavy (non-hydrogen) atoms. The molecule has 0 spiro atoms. The molecule has 1 amide bonds. The van der Waals surface area contributed by atoms with E-state index in [1.165, 1.54) is 37.7 Å². The molecule has 0 aliphatic heterocycles. The van der Waals surface area contributed by atoms with E-state index in [1.807, 2.05) is 0 Å². The quantitative estimate of drug-likeness (QED) is 0.854. The predicted molar refractivity (Wildman–Crippen MR) is 77.6 cm³/mol. The minimum Gasteiger partial charge on any atom is -0.467 e. The zero-order valence-corrected chi connectivity index (χ0v) is 12.0. The molecule has 0 radical (unpaired) electrons. The van der Waals surface area contributed by atoms with Crippen LogP contribution < -0.4 is 5.32 Å². The largest absolute Gasteiger partial charge is 0.467 e. The number of methoxy groups -OCH3 is 1. The number of nitrogens with zero attached hydrogens (tertiary/aromatic N) is 1. The third kappa shape index (κ3) is 3.88. The molecule has 1 aromatic heterocycles. The summed E-state index contributed by atoms with van der Waals surface area (Å²) in [7, 11) is 1.22. The van der Waals surface area contributed by atoms with Crippen molar-refractivity contribution in [2.24, 2.45) is 0 Å². The molecule has 0 saturated carbocycles. The molecule has 6 heteroatoms. The van der Waals surface area contributed by atoms with E-state index in [1.54, 1.807) is 18.2 Å². The first kappa shape index (κ1) is 15.6. The highest BCUT2D eigenvalue weighted by Crippen LogP contribution is 2.10. The summed E-state index contributed by atoms with van der Waals surface area (Å²) in [5.41, 5.74) is 0.686. The molecule has 1 N–H and O–H groups in total. The van der Waals surface area contributed by atoms with Crippen molar-refractivity contribution in [3.8, 4) is 0 Å². The van der Waals surface area contributed by atoms with Gasteiger partial charge < -0.3 is 10.1 Å². The Morgan fingerprint density at radius 3 is 2.55 bits per heavy atom. The molecular formula is C16H15FN2O3. The molecule has 0 saturated heterocycles. The SMILES string of the molecule is COC(=O)[C@@H](Cc1ccccc1F)NC(=O)c1ccncc1. The van der Waals surface area contributed by atoms with Gasteiger partial charge in [-0.15, -0.1) is 0 Å². The van der Waals surface area contributed by atoms with Crippen LogP contribution in [0.2, 0.25) is 0 Å². The predicted octanol–water partition coefficient (Wildman–Crippen LogP) is 1.73. The Kier molecular flexibility index (Phi) is 5.19. The van der Waals surface area contributed by atoms with E-state index in [2.05, 4.69) is 15.0 Å². The smallest absolute Gasteiger partial charge is 0.328 e. The zero-order valence-electron chi connectivity index (χ0n) is 12.0. The van der Waals surface area contributed by atoms with Crippen molar-refractivity contribution in [3.05, 3.63) is 65.7 Å². The first-order chi connectivity index (χ1) is 10.6. The van der Waals surface area contributed by atoms with E-state index in [0.29, 0.717) is 11.1 Å². The van der Waals surface area contributed by atoms with Crippen molar-refractivity contribution in [2.75, 3.05) is 7.11 Å². The van der Waals surface area contributed by atoms with Crippen LogP contribution in [0.5, 0.6) is 0 Å². The Morgan fingerprint density at radius 2 is 1.91 bits per heavy atom. The second-order valence-electron chi connectivity index (χ2n) is 4.58. The molecule has 5 nitrogen and oxygen atoms in total. The summed E-state index contributed by atoms with van der Waals surface area (Å²) in [4.78, 5) is 27.7. The Morgan fingerprint density at radius 1 is 1.23 bits per heavy atom. The average Bonchev–Trinajstić information content (AvgIpc) is 2.56. The van der Waals surface area contributed by atoms with Gasteiger partial charge >= 0.3 is 5.97 Å². The average molecular weight is 302 g/mol. The van der Waals surface area contributed by atoms with Crippen molar-refractivity contribution in [2.45, 2.75) is 12.5 Å². The molecule has 0 fully saturated rings. The fourth-order valence-corrected chi connectivity index (χ4v) is 1.96. The number of hydrogen-bond acceptors (Lipinski definition) is 4. The van der Waals surface area contributed by atoms with Gasteiger partial charge in [-0.2, -0.15) is 0 Å². The van der Waals surface area contributed by atoms with Gasteiger partial charge in [0.2, 0.25) is 0 Å². The van der Waals surface area contributed by atoms with Gasteiger partial charge in [-0.3, -0.25) is 9.78 Å². The molecule has 0 aliphatic carbocycles. The number of pyridine rings is 1. The number of nitrogens with one attached hydrogen (secondary N) is 1. The second kappa shape index (κ2) is 7.31. The van der Waals surface area contributed by atoms with Crippen LogP contribution in [0, 0.1) is 5.82 Å². The van der Waals surface area contributed by atoms with Crippen LogP contribution in [-0.4, -0.2) is 30.0 Å². The lowest BCUT2D eigenvalue weighted by atomic mass is 10.0. The highest BCUT2D eigenvalue weighted by atomic mass is 19.1. The van der Waals surface area contributed by atoms with Crippen molar-refractivity contribution in [1.82, 2.24) is 10.3 Å². The van der Waals surface area contributed by atoms with Gasteiger partial charge in [-0.05, 0) is 23.8 Å². The summed E-state index contributed by atoms with van der Waals surface area (Å²) in [5, 5.41) is 2.55. The number of carbonyl (C=O) groups excluding carboxylic acids is 2. The van der Waals surface area contributed by atoms with Gasteiger partial charge in [0, 0.05) is 24.4 Å². The van der Waals surface area contributed by atoms with E-state index in [4.69, 9.17) is 0 Å². The number of carbonyl (C=O) groups is 2. The van der Waals surface area contributed by atoms with Gasteiger partial charge in [0.1, 0.15) is 11.9 Å². The van der Waals surface area contributed by atoms with E-state index in [9.17, 15) is 14.0 Å². The van der Waals surface area contributed by atoms with Crippen molar-refractivity contribution >= 4 is 11.9 Å². The van der Waals surface area contributed by atoms with Crippen LogP contribution in [0.3, 0.4) is 0 Å². The molecule has 0 unspecified atom stereocenters. The van der Waals surface area contributed by atoms with Crippen LogP contribution in [0.4, 0.5) is 4.39 Å². The van der Waals surface area contributed by atoms with Crippen LogP contribution in [-0.2, 0) is 16.0 Å². The minimum absolute atomic E-state index is 0.0101. The summed E-state index contributed by atoms with van der Waals surface area (Å²) < 4.78 is 18.4. The Hall–Kier alpha value is -2.76. The maximum absolute atomic E-state index is 13.7. The lowest BCUT2D eigenvalue weighted by molar-refractivity contribution is -0.142. The van der Waals surface area contributed by atoms with Crippen molar-refractivity contribution < 1.29 is 18.7 Å². The summed E-state index contributed by atoms with van der Waals surface area (Å²) in [6, 6.07) is 8.15. The standard InChI is InChI=1S/C16H15FN2O3/c1-22-16(21)14(10-12-4-2-3-5-13(12)17)19-15(20)11-6-8-18-9-7-11/h2-9,14H,10H2,1H3,(H,19,20)/t14-/m1/s1. The second-order valence-corrected chi connectivity index (χ2v) is 4.58. The lowest BCUT2D eigenvalue weighted by Gasteiger charge is -2.17. The normalized spacial score (nSPS) is 11.5. The number of benzene rings is 1. The number of halogens is 1. The van der Waals surface area contributed by atoms with Gasteiger partial charge in [0.25, 0.3) is 5.91 Å². The fourth-order valence-electron chi connectivity index (χ4n) is 1.96. The Balaban J connectivity index is 2.15. The summed E-state index contributed by atoms with van der Waals surface area (Å²) in [6.07, 6.45) is 2.95. The van der Waals surface area contributed by atoms with Gasteiger partial charge in [-0.1, -0.05) is 18.2 Å². The first-order valence-electron chi connectivity index (χ1n) is 6.64. The van der Waals surface area contributed by atoms with E-state index in [-0.39, 0.29) is 6.42 Å². The first-order valence-corrected chi connectivity index (χ1v) is 6.64. The van der Waals surface area contributed by atoms with Crippen LogP contribution in [0.25, 0.3) is 0 Å². The highest BCUT2D eigenvalue weighted by molar-refractivity contribution is 5.96. The van der Waals surface area contributed by atoms with Crippen LogP contribution >= 0.6 is 0 Å². The summed E-state index contributed by atoms with van der Waals surface area (Å²) in [5.74, 6) is -1.52. The Bertz CT molecular complexity index is 661. The number of rotatable bonds is 5. The molecule has 114 valence electrons. The minimum atomic E-state index is -0.970. The Labute approximate surface area is 127 Å². The van der Waals surface area contributed by atoms with Crippen molar-refractivity contribution in [3.63, 3.8) is 0 Å². The summed E-state index contributed by atoms with van der Waals surface area (Å²) in [6.45, 7) is 0. The number of amides is 1. The molecule has 2 rings (SSSR count). The van der Waals surface area contributed by atoms with Gasteiger partial charge in [0.05, 0.1) is 7.11 Å². The van der Waals surface area contributed by atoms with Gasteiger partial charge in [-0.25, -0.2) is 9.18 Å². The number of esters is 1. The zero-order chi connectivity index (χ0) is 15.9. The molecular weight excluding hydrogens is 287 g/mol. The molecule has 0 aliphatic rings. The highest BCUT2D eigenvalue weighted by Gasteiger charge is 2.23.